The number of fused-ring (bicyclic) bond motifs is 1. The Bertz CT molecular complexity index is 964. The number of para-hydroxylation sites is 1. The van der Waals surface area contributed by atoms with E-state index < -0.39 is 11.8 Å². The van der Waals surface area contributed by atoms with Gasteiger partial charge in [-0.3, -0.25) is 25.4 Å². The van der Waals surface area contributed by atoms with Crippen molar-refractivity contribution in [3.05, 3.63) is 71.4 Å². The molecular weight excluding hydrogens is 330 g/mol. The number of pyridine rings is 1. The number of amides is 2. The minimum atomic E-state index is -0.451. The second kappa shape index (κ2) is 7.65. The molecule has 3 rings (SSSR count). The summed E-state index contributed by atoms with van der Waals surface area (Å²) >= 11 is 0. The highest BCUT2D eigenvalue weighted by Gasteiger charge is 2.12. The Kier molecular flexibility index (Phi) is 5.12. The molecule has 3 aromatic rings. The molecule has 0 saturated heterocycles. The Morgan fingerprint density at radius 2 is 1.85 bits per heavy atom. The first kappa shape index (κ1) is 17.4. The zero-order valence-corrected chi connectivity index (χ0v) is 14.6. The first-order chi connectivity index (χ1) is 12.5. The number of nitrogens with zero attached hydrogens (tertiary/aromatic N) is 1. The fourth-order valence-electron chi connectivity index (χ4n) is 2.52. The van der Waals surface area contributed by atoms with Crippen LogP contribution < -0.4 is 15.6 Å². The Labute approximate surface area is 151 Å². The summed E-state index contributed by atoms with van der Waals surface area (Å²) in [4.78, 5) is 28.5. The minimum Gasteiger partial charge on any atom is -0.483 e. The topological polar surface area (TPSA) is 80.3 Å². The molecule has 0 aliphatic carbocycles. The van der Waals surface area contributed by atoms with Gasteiger partial charge in [0.25, 0.3) is 11.8 Å². The van der Waals surface area contributed by atoms with Gasteiger partial charge < -0.3 is 4.74 Å². The van der Waals surface area contributed by atoms with E-state index in [-0.39, 0.29) is 6.61 Å². The van der Waals surface area contributed by atoms with Crippen LogP contribution in [0.3, 0.4) is 0 Å². The Morgan fingerprint density at radius 1 is 1.04 bits per heavy atom. The molecule has 2 amide bonds. The number of carbonyl (C=O) groups is 2. The molecule has 132 valence electrons. The number of aromatic nitrogens is 1. The molecule has 0 aliphatic rings. The normalized spacial score (nSPS) is 10.4. The van der Waals surface area contributed by atoms with E-state index in [0.29, 0.717) is 16.8 Å². The maximum absolute atomic E-state index is 12.3. The average molecular weight is 349 g/mol. The maximum atomic E-state index is 12.3. The van der Waals surface area contributed by atoms with Gasteiger partial charge in [0.05, 0.1) is 11.1 Å². The molecule has 0 unspecified atom stereocenters. The monoisotopic (exact) mass is 349 g/mol. The van der Waals surface area contributed by atoms with Gasteiger partial charge in [-0.1, -0.05) is 30.3 Å². The lowest BCUT2D eigenvalue weighted by Crippen LogP contribution is -2.43. The third-order valence-electron chi connectivity index (χ3n) is 3.90. The van der Waals surface area contributed by atoms with Gasteiger partial charge in [-0.15, -0.1) is 0 Å². The van der Waals surface area contributed by atoms with Gasteiger partial charge in [-0.25, -0.2) is 0 Å². The first-order valence-corrected chi connectivity index (χ1v) is 8.17. The highest BCUT2D eigenvalue weighted by atomic mass is 16.5. The number of carbonyl (C=O) groups excluding carboxylic acids is 2. The van der Waals surface area contributed by atoms with Crippen LogP contribution >= 0.6 is 0 Å². The van der Waals surface area contributed by atoms with Gasteiger partial charge in [0.2, 0.25) is 0 Å². The maximum Gasteiger partial charge on any atom is 0.276 e. The molecule has 0 atom stereocenters. The number of hydrogen-bond donors (Lipinski definition) is 2. The molecule has 0 aliphatic heterocycles. The molecule has 0 bridgehead atoms. The lowest BCUT2D eigenvalue weighted by molar-refractivity contribution is -0.123. The van der Waals surface area contributed by atoms with Crippen molar-refractivity contribution in [2.75, 3.05) is 6.61 Å². The molecule has 2 N–H and O–H groups in total. The zero-order valence-electron chi connectivity index (χ0n) is 14.6. The lowest BCUT2D eigenvalue weighted by atomic mass is 10.1. The van der Waals surface area contributed by atoms with E-state index in [4.69, 9.17) is 4.74 Å². The second-order valence-corrected chi connectivity index (χ2v) is 5.94. The van der Waals surface area contributed by atoms with Crippen LogP contribution in [-0.2, 0) is 4.79 Å². The Morgan fingerprint density at radius 3 is 2.69 bits per heavy atom. The molecule has 26 heavy (non-hydrogen) atoms. The van der Waals surface area contributed by atoms with E-state index in [1.54, 1.807) is 24.4 Å². The highest BCUT2D eigenvalue weighted by Crippen LogP contribution is 2.19. The number of benzene rings is 2. The van der Waals surface area contributed by atoms with Crippen LogP contribution in [-0.4, -0.2) is 23.4 Å². The van der Waals surface area contributed by atoms with Crippen molar-refractivity contribution in [1.82, 2.24) is 15.8 Å². The van der Waals surface area contributed by atoms with E-state index in [9.17, 15) is 9.59 Å². The Hall–Kier alpha value is -3.41. The van der Waals surface area contributed by atoms with Crippen LogP contribution in [0.5, 0.6) is 5.75 Å². The van der Waals surface area contributed by atoms with Gasteiger partial charge >= 0.3 is 0 Å². The number of hydrogen-bond acceptors (Lipinski definition) is 4. The molecule has 1 aromatic heterocycles. The van der Waals surface area contributed by atoms with Crippen molar-refractivity contribution < 1.29 is 14.3 Å². The summed E-state index contributed by atoms with van der Waals surface area (Å²) in [5.74, 6) is -0.244. The molecule has 2 aromatic carbocycles. The average Bonchev–Trinajstić information content (AvgIpc) is 2.66. The summed E-state index contributed by atoms with van der Waals surface area (Å²) in [6.45, 7) is 3.66. The van der Waals surface area contributed by atoms with E-state index in [2.05, 4.69) is 15.8 Å². The van der Waals surface area contributed by atoms with Gasteiger partial charge in [-0.2, -0.15) is 0 Å². The van der Waals surface area contributed by atoms with Crippen molar-refractivity contribution in [3.8, 4) is 5.75 Å². The third kappa shape index (κ3) is 3.97. The SMILES string of the molecule is Cc1ccc(C)c(OCC(=O)NNC(=O)c2cccc3cccnc23)c1. The molecule has 6 heteroatoms. The van der Waals surface area contributed by atoms with Gasteiger partial charge in [0.1, 0.15) is 5.75 Å². The highest BCUT2D eigenvalue weighted by molar-refractivity contribution is 6.05. The molecular formula is C20H19N3O3. The lowest BCUT2D eigenvalue weighted by Gasteiger charge is -2.11. The minimum absolute atomic E-state index is 0.196. The van der Waals surface area contributed by atoms with Crippen molar-refractivity contribution >= 4 is 22.7 Å². The first-order valence-electron chi connectivity index (χ1n) is 8.17. The number of hydrazine groups is 1. The summed E-state index contributed by atoms with van der Waals surface area (Å²) in [5, 5.41) is 0.852. The van der Waals surface area contributed by atoms with Gasteiger partial charge in [0, 0.05) is 11.6 Å². The predicted molar refractivity (Wildman–Crippen MR) is 98.8 cm³/mol. The number of aryl methyl sites for hydroxylation is 2. The van der Waals surface area contributed by atoms with E-state index in [1.807, 2.05) is 44.2 Å². The van der Waals surface area contributed by atoms with Crippen LogP contribution in [0.4, 0.5) is 0 Å². The fraction of sp³-hybridized carbons (Fsp3) is 0.150. The molecule has 0 spiro atoms. The van der Waals surface area contributed by atoms with Crippen LogP contribution in [0.25, 0.3) is 10.9 Å². The Balaban J connectivity index is 1.59. The van der Waals surface area contributed by atoms with Crippen LogP contribution in [0, 0.1) is 13.8 Å². The number of ether oxygens (including phenoxy) is 1. The van der Waals surface area contributed by atoms with Crippen molar-refractivity contribution in [1.29, 1.82) is 0 Å². The molecule has 6 nitrogen and oxygen atoms in total. The van der Waals surface area contributed by atoms with Gasteiger partial charge in [-0.05, 0) is 43.2 Å². The number of nitrogens with one attached hydrogen (secondary N) is 2. The van der Waals surface area contributed by atoms with Crippen LogP contribution in [0.2, 0.25) is 0 Å². The molecule has 0 fully saturated rings. The summed E-state index contributed by atoms with van der Waals surface area (Å²) in [5.41, 5.74) is 7.70. The van der Waals surface area contributed by atoms with E-state index in [1.165, 1.54) is 0 Å². The van der Waals surface area contributed by atoms with Crippen LogP contribution in [0.1, 0.15) is 21.5 Å². The third-order valence-corrected chi connectivity index (χ3v) is 3.90. The summed E-state index contributed by atoms with van der Waals surface area (Å²) in [6, 6.07) is 14.7. The summed E-state index contributed by atoms with van der Waals surface area (Å²) < 4.78 is 5.51. The largest absolute Gasteiger partial charge is 0.483 e. The smallest absolute Gasteiger partial charge is 0.276 e. The standard InChI is InChI=1S/C20H19N3O3/c1-13-8-9-14(2)17(11-13)26-12-18(24)22-23-20(25)16-7-3-5-15-6-4-10-21-19(15)16/h3-11H,12H2,1-2H3,(H,22,24)(H,23,25). The quantitative estimate of drug-likeness (QED) is 0.710. The summed E-state index contributed by atoms with van der Waals surface area (Å²) in [7, 11) is 0. The molecule has 0 saturated carbocycles. The van der Waals surface area contributed by atoms with E-state index >= 15 is 0 Å². The molecule has 1 heterocycles. The second-order valence-electron chi connectivity index (χ2n) is 5.94. The van der Waals surface area contributed by atoms with Crippen LogP contribution in [0.15, 0.2) is 54.7 Å². The fourth-order valence-corrected chi connectivity index (χ4v) is 2.52. The molecule has 0 radical (unpaired) electrons. The van der Waals surface area contributed by atoms with Crippen molar-refractivity contribution in [2.45, 2.75) is 13.8 Å². The summed E-state index contributed by atoms with van der Waals surface area (Å²) in [6.07, 6.45) is 1.62. The van der Waals surface area contributed by atoms with Gasteiger partial charge in [0.15, 0.2) is 6.61 Å². The van der Waals surface area contributed by atoms with E-state index in [0.717, 1.165) is 16.5 Å². The number of rotatable bonds is 4. The predicted octanol–water partition coefficient (Wildman–Crippen LogP) is 2.69. The zero-order chi connectivity index (χ0) is 18.5. The van der Waals surface area contributed by atoms with Crippen molar-refractivity contribution in [2.24, 2.45) is 0 Å². The van der Waals surface area contributed by atoms with Crippen molar-refractivity contribution in [3.63, 3.8) is 0 Å².